The summed E-state index contributed by atoms with van der Waals surface area (Å²) < 4.78 is 40.1. The van der Waals surface area contributed by atoms with E-state index in [1.807, 2.05) is 6.92 Å². The number of pyridine rings is 1. The molecule has 4 rings (SSSR count). The Morgan fingerprint density at radius 1 is 1.10 bits per heavy atom. The molecule has 0 spiro atoms. The monoisotopic (exact) mass is 416 g/mol. The number of fused-ring (bicyclic) bond motifs is 3. The van der Waals surface area contributed by atoms with Crippen LogP contribution >= 0.6 is 0 Å². The third-order valence-electron chi connectivity index (χ3n) is 5.60. The number of hydrogen-bond donors (Lipinski definition) is 1. The van der Waals surface area contributed by atoms with Crippen LogP contribution in [0.25, 0.3) is 11.0 Å². The van der Waals surface area contributed by atoms with Crippen LogP contribution in [-0.4, -0.2) is 28.7 Å². The molecule has 29 heavy (non-hydrogen) atoms. The van der Waals surface area contributed by atoms with Crippen molar-refractivity contribution in [2.75, 3.05) is 11.5 Å². The number of halogens is 1. The normalized spacial score (nSPS) is 14.3. The molecule has 2 aromatic heterocycles. The Morgan fingerprint density at radius 2 is 1.83 bits per heavy atom. The smallest absolute Gasteiger partial charge is 0.178 e. The van der Waals surface area contributed by atoms with Crippen LogP contribution in [0.5, 0.6) is 0 Å². The van der Waals surface area contributed by atoms with Crippen LogP contribution < -0.4 is 5.73 Å². The summed E-state index contributed by atoms with van der Waals surface area (Å²) >= 11 is 0. The zero-order chi connectivity index (χ0) is 20.6. The molecule has 8 heteroatoms. The van der Waals surface area contributed by atoms with Crippen LogP contribution in [0.3, 0.4) is 0 Å². The standard InChI is InChI=1S/C21H25FN4O2S/c1-14-24-19-20(17-6-2-3-7-18(17)25-21(19)23)26(14)12-4-5-13-29(27,28)16-10-8-15(22)9-11-16/h8-11H,2-7,12-13H2,1H3,(H2,23,25). The van der Waals surface area contributed by atoms with Gasteiger partial charge in [-0.25, -0.2) is 22.8 Å². The van der Waals surface area contributed by atoms with E-state index in [0.29, 0.717) is 25.2 Å². The average molecular weight is 417 g/mol. The Labute approximate surface area is 169 Å². The number of nitrogens with two attached hydrogens (primary N) is 1. The van der Waals surface area contributed by atoms with Gasteiger partial charge in [-0.3, -0.25) is 0 Å². The summed E-state index contributed by atoms with van der Waals surface area (Å²) in [6.07, 6.45) is 5.39. The van der Waals surface area contributed by atoms with Gasteiger partial charge in [0, 0.05) is 12.2 Å². The van der Waals surface area contributed by atoms with E-state index in [1.54, 1.807) is 0 Å². The molecule has 0 saturated carbocycles. The summed E-state index contributed by atoms with van der Waals surface area (Å²) in [5.74, 6) is 0.935. The first-order valence-electron chi connectivity index (χ1n) is 9.99. The molecule has 1 aliphatic carbocycles. The van der Waals surface area contributed by atoms with Crippen molar-refractivity contribution < 1.29 is 12.8 Å². The quantitative estimate of drug-likeness (QED) is 0.490. The van der Waals surface area contributed by atoms with Crippen molar-refractivity contribution in [2.45, 2.75) is 56.9 Å². The van der Waals surface area contributed by atoms with Crippen molar-refractivity contribution in [3.63, 3.8) is 0 Å². The fourth-order valence-corrected chi connectivity index (χ4v) is 5.48. The minimum absolute atomic E-state index is 0.0338. The van der Waals surface area contributed by atoms with Crippen molar-refractivity contribution in [1.29, 1.82) is 0 Å². The fourth-order valence-electron chi connectivity index (χ4n) is 4.11. The Hall–Kier alpha value is -2.48. The molecule has 0 bridgehead atoms. The van der Waals surface area contributed by atoms with Crippen LogP contribution in [0, 0.1) is 12.7 Å². The van der Waals surface area contributed by atoms with Crippen molar-refractivity contribution in [3.8, 4) is 0 Å². The van der Waals surface area contributed by atoms with E-state index in [9.17, 15) is 12.8 Å². The van der Waals surface area contributed by atoms with Gasteiger partial charge >= 0.3 is 0 Å². The summed E-state index contributed by atoms with van der Waals surface area (Å²) in [6, 6.07) is 4.99. The van der Waals surface area contributed by atoms with Gasteiger partial charge in [-0.2, -0.15) is 0 Å². The highest BCUT2D eigenvalue weighted by molar-refractivity contribution is 7.91. The SMILES string of the molecule is Cc1nc2c(N)nc3c(c2n1CCCCS(=O)(=O)c1ccc(F)cc1)CCCC3. The number of nitrogens with zero attached hydrogens (tertiary/aromatic N) is 3. The van der Waals surface area contributed by atoms with Gasteiger partial charge in [-0.05, 0) is 75.3 Å². The first-order valence-corrected chi connectivity index (χ1v) is 11.6. The number of sulfone groups is 1. The maximum atomic E-state index is 13.0. The maximum absolute atomic E-state index is 13.0. The number of anilines is 1. The molecule has 0 radical (unpaired) electrons. The minimum atomic E-state index is -3.41. The Kier molecular flexibility index (Phi) is 5.29. The van der Waals surface area contributed by atoms with Gasteiger partial charge in [0.05, 0.1) is 16.2 Å². The first-order chi connectivity index (χ1) is 13.9. The summed E-state index contributed by atoms with van der Waals surface area (Å²) in [5, 5.41) is 0. The van der Waals surface area contributed by atoms with E-state index in [1.165, 1.54) is 29.8 Å². The molecule has 6 nitrogen and oxygen atoms in total. The number of aryl methyl sites for hydroxylation is 4. The van der Waals surface area contributed by atoms with Gasteiger partial charge in [0.2, 0.25) is 0 Å². The largest absolute Gasteiger partial charge is 0.382 e. The first kappa shape index (κ1) is 19.8. The average Bonchev–Trinajstić information content (AvgIpc) is 3.03. The second-order valence-corrected chi connectivity index (χ2v) is 9.73. The van der Waals surface area contributed by atoms with E-state index in [-0.39, 0.29) is 10.6 Å². The van der Waals surface area contributed by atoms with Crippen molar-refractivity contribution >= 4 is 26.7 Å². The molecule has 0 aliphatic heterocycles. The number of rotatable bonds is 6. The molecule has 2 heterocycles. The second-order valence-electron chi connectivity index (χ2n) is 7.62. The molecule has 154 valence electrons. The van der Waals surface area contributed by atoms with Gasteiger partial charge in [-0.1, -0.05) is 0 Å². The molecule has 2 N–H and O–H groups in total. The molecule has 0 unspecified atom stereocenters. The topological polar surface area (TPSA) is 90.9 Å². The van der Waals surface area contributed by atoms with Crippen molar-refractivity contribution in [1.82, 2.24) is 14.5 Å². The minimum Gasteiger partial charge on any atom is -0.382 e. The number of unbranched alkanes of at least 4 members (excludes halogenated alkanes) is 1. The van der Waals surface area contributed by atoms with E-state index < -0.39 is 15.7 Å². The fraction of sp³-hybridized carbons (Fsp3) is 0.429. The second kappa shape index (κ2) is 7.74. The number of nitrogen functional groups attached to an aromatic ring is 1. The van der Waals surface area contributed by atoms with Gasteiger partial charge in [0.25, 0.3) is 0 Å². The molecular formula is C21H25FN4O2S. The lowest BCUT2D eigenvalue weighted by atomic mass is 9.95. The van der Waals surface area contributed by atoms with Gasteiger partial charge in [-0.15, -0.1) is 0 Å². The lowest BCUT2D eigenvalue weighted by Gasteiger charge is -2.18. The van der Waals surface area contributed by atoms with Crippen LogP contribution in [-0.2, 0) is 29.2 Å². The Bertz CT molecular complexity index is 1150. The van der Waals surface area contributed by atoms with Gasteiger partial charge < -0.3 is 10.3 Å². The Morgan fingerprint density at radius 3 is 2.59 bits per heavy atom. The van der Waals surface area contributed by atoms with Crippen LogP contribution in [0.2, 0.25) is 0 Å². The van der Waals surface area contributed by atoms with Crippen LogP contribution in [0.15, 0.2) is 29.2 Å². The number of hydrogen-bond acceptors (Lipinski definition) is 5. The molecule has 0 saturated heterocycles. The lowest BCUT2D eigenvalue weighted by Crippen LogP contribution is -2.12. The predicted octanol–water partition coefficient (Wildman–Crippen LogP) is 3.59. The predicted molar refractivity (Wildman–Crippen MR) is 111 cm³/mol. The molecule has 0 atom stereocenters. The highest BCUT2D eigenvalue weighted by Crippen LogP contribution is 2.31. The number of aromatic nitrogens is 3. The molecule has 0 amide bonds. The van der Waals surface area contributed by atoms with Crippen molar-refractivity contribution in [2.24, 2.45) is 0 Å². The van der Waals surface area contributed by atoms with E-state index in [2.05, 4.69) is 14.5 Å². The number of imidazole rings is 1. The highest BCUT2D eigenvalue weighted by atomic mass is 32.2. The lowest BCUT2D eigenvalue weighted by molar-refractivity contribution is 0.581. The summed E-state index contributed by atoms with van der Waals surface area (Å²) in [7, 11) is -3.41. The van der Waals surface area contributed by atoms with Crippen LogP contribution in [0.4, 0.5) is 10.2 Å². The van der Waals surface area contributed by atoms with Gasteiger partial charge in [0.1, 0.15) is 17.2 Å². The van der Waals surface area contributed by atoms with E-state index in [4.69, 9.17) is 5.73 Å². The highest BCUT2D eigenvalue weighted by Gasteiger charge is 2.21. The van der Waals surface area contributed by atoms with E-state index in [0.717, 1.165) is 48.2 Å². The summed E-state index contributed by atoms with van der Waals surface area (Å²) in [4.78, 5) is 9.35. The molecule has 0 fully saturated rings. The zero-order valence-electron chi connectivity index (χ0n) is 16.5. The third-order valence-corrected chi connectivity index (χ3v) is 7.42. The molecule has 1 aliphatic rings. The Balaban J connectivity index is 1.51. The molecule has 1 aromatic carbocycles. The van der Waals surface area contributed by atoms with Crippen LogP contribution in [0.1, 0.15) is 42.8 Å². The number of benzene rings is 1. The summed E-state index contributed by atoms with van der Waals surface area (Å²) in [6.45, 7) is 2.63. The van der Waals surface area contributed by atoms with Crippen molar-refractivity contribution in [3.05, 3.63) is 47.2 Å². The van der Waals surface area contributed by atoms with E-state index >= 15 is 0 Å². The maximum Gasteiger partial charge on any atom is 0.178 e. The summed E-state index contributed by atoms with van der Waals surface area (Å²) in [5.41, 5.74) is 10.3. The molecule has 3 aromatic rings. The van der Waals surface area contributed by atoms with Gasteiger partial charge in [0.15, 0.2) is 15.7 Å². The zero-order valence-corrected chi connectivity index (χ0v) is 17.3. The molecular weight excluding hydrogens is 391 g/mol. The third kappa shape index (κ3) is 3.85.